The van der Waals surface area contributed by atoms with Gasteiger partial charge in [-0.1, -0.05) is 24.6 Å². The highest BCUT2D eigenvalue weighted by Gasteiger charge is 2.23. The number of rotatable bonds is 4. The highest BCUT2D eigenvalue weighted by Crippen LogP contribution is 2.27. The Balaban J connectivity index is 2.03. The van der Waals surface area contributed by atoms with Gasteiger partial charge >= 0.3 is 0 Å². The lowest BCUT2D eigenvalue weighted by molar-refractivity contribution is 0.684. The van der Waals surface area contributed by atoms with E-state index >= 15 is 0 Å². The highest BCUT2D eigenvalue weighted by atomic mass is 35.5. The van der Waals surface area contributed by atoms with Crippen LogP contribution < -0.4 is 11.1 Å². The summed E-state index contributed by atoms with van der Waals surface area (Å²) in [5.74, 6) is 0.929. The van der Waals surface area contributed by atoms with Gasteiger partial charge in [0.15, 0.2) is 5.65 Å². The van der Waals surface area contributed by atoms with E-state index < -0.39 is 0 Å². The first-order valence-corrected chi connectivity index (χ1v) is 8.22. The highest BCUT2D eigenvalue weighted by molar-refractivity contribution is 6.33. The van der Waals surface area contributed by atoms with Crippen LogP contribution in [0.5, 0.6) is 0 Å². The molecule has 1 aliphatic rings. The molecule has 3 rings (SSSR count). The quantitative estimate of drug-likeness (QED) is 0.905. The van der Waals surface area contributed by atoms with Crippen LogP contribution in [-0.2, 0) is 0 Å². The van der Waals surface area contributed by atoms with Crippen LogP contribution in [0.15, 0.2) is 18.3 Å². The Bertz CT molecular complexity index is 706. The normalized spacial score (nSPS) is 22.5. The number of halogens is 1. The number of nitrogens with one attached hydrogen (secondary N) is 1. The average molecular weight is 320 g/mol. The van der Waals surface area contributed by atoms with E-state index in [-0.39, 0.29) is 6.04 Å². The SMILES string of the molecule is C/C=C(\CC)c1cc(NC2CCC(N)C2)n2ncc(Cl)c2n1. The van der Waals surface area contributed by atoms with Crippen LogP contribution in [0, 0.1) is 0 Å². The molecule has 5 nitrogen and oxygen atoms in total. The van der Waals surface area contributed by atoms with Crippen molar-refractivity contribution in [2.24, 2.45) is 5.73 Å². The summed E-state index contributed by atoms with van der Waals surface area (Å²) in [7, 11) is 0. The molecular weight excluding hydrogens is 298 g/mol. The lowest BCUT2D eigenvalue weighted by atomic mass is 10.1. The minimum Gasteiger partial charge on any atom is -0.367 e. The Kier molecular flexibility index (Phi) is 4.36. The number of nitrogens with two attached hydrogens (primary N) is 1. The molecule has 6 heteroatoms. The van der Waals surface area contributed by atoms with Crippen LogP contribution in [0.2, 0.25) is 5.02 Å². The molecule has 3 N–H and O–H groups in total. The first kappa shape index (κ1) is 15.3. The second kappa shape index (κ2) is 6.26. The second-order valence-corrected chi connectivity index (χ2v) is 6.24. The van der Waals surface area contributed by atoms with E-state index in [0.29, 0.717) is 16.7 Å². The molecule has 22 heavy (non-hydrogen) atoms. The zero-order chi connectivity index (χ0) is 15.7. The van der Waals surface area contributed by atoms with E-state index in [1.54, 1.807) is 10.7 Å². The molecular formula is C16H22ClN5. The van der Waals surface area contributed by atoms with Crippen molar-refractivity contribution in [3.05, 3.63) is 29.1 Å². The molecule has 0 radical (unpaired) electrons. The predicted molar refractivity (Wildman–Crippen MR) is 91.2 cm³/mol. The Morgan fingerprint density at radius 1 is 1.55 bits per heavy atom. The van der Waals surface area contributed by atoms with Crippen LogP contribution in [0.1, 0.15) is 45.2 Å². The first-order chi connectivity index (χ1) is 10.6. The third-order valence-electron chi connectivity index (χ3n) is 4.31. The summed E-state index contributed by atoms with van der Waals surface area (Å²) in [6.45, 7) is 4.16. The number of hydrogen-bond acceptors (Lipinski definition) is 4. The van der Waals surface area contributed by atoms with Crippen LogP contribution >= 0.6 is 11.6 Å². The molecule has 1 fully saturated rings. The van der Waals surface area contributed by atoms with Gasteiger partial charge in [-0.2, -0.15) is 9.61 Å². The first-order valence-electron chi connectivity index (χ1n) is 7.84. The van der Waals surface area contributed by atoms with Crippen molar-refractivity contribution in [1.29, 1.82) is 0 Å². The fourth-order valence-corrected chi connectivity index (χ4v) is 3.26. The molecule has 2 aromatic rings. The van der Waals surface area contributed by atoms with E-state index in [4.69, 9.17) is 17.3 Å². The molecule has 0 saturated heterocycles. The molecule has 2 atom stereocenters. The molecule has 0 amide bonds. The van der Waals surface area contributed by atoms with E-state index in [0.717, 1.165) is 37.2 Å². The van der Waals surface area contributed by atoms with Crippen LogP contribution in [0.25, 0.3) is 11.2 Å². The van der Waals surface area contributed by atoms with Gasteiger partial charge in [0.1, 0.15) is 10.8 Å². The smallest absolute Gasteiger partial charge is 0.176 e. The van der Waals surface area contributed by atoms with E-state index in [9.17, 15) is 0 Å². The van der Waals surface area contributed by atoms with Crippen LogP contribution in [0.3, 0.4) is 0 Å². The minimum absolute atomic E-state index is 0.289. The topological polar surface area (TPSA) is 68.2 Å². The number of nitrogens with zero attached hydrogens (tertiary/aromatic N) is 3. The zero-order valence-electron chi connectivity index (χ0n) is 13.0. The molecule has 2 heterocycles. The Labute approximate surface area is 135 Å². The summed E-state index contributed by atoms with van der Waals surface area (Å²) in [6, 6.07) is 2.73. The maximum atomic E-state index is 6.23. The van der Waals surface area contributed by atoms with Gasteiger partial charge in [0.2, 0.25) is 0 Å². The average Bonchev–Trinajstić information content (AvgIpc) is 3.07. The minimum atomic E-state index is 0.289. The maximum Gasteiger partial charge on any atom is 0.176 e. The number of aromatic nitrogens is 3. The summed E-state index contributed by atoms with van der Waals surface area (Å²) < 4.78 is 1.78. The Hall–Kier alpha value is -1.59. The molecule has 0 spiro atoms. The Morgan fingerprint density at radius 3 is 3.00 bits per heavy atom. The monoisotopic (exact) mass is 319 g/mol. The molecule has 2 aromatic heterocycles. The molecule has 1 aliphatic carbocycles. The van der Waals surface area contributed by atoms with Gasteiger partial charge in [0.05, 0.1) is 11.9 Å². The summed E-state index contributed by atoms with van der Waals surface area (Å²) in [6.07, 6.45) is 7.80. The van der Waals surface area contributed by atoms with Crippen molar-refractivity contribution in [3.8, 4) is 0 Å². The van der Waals surface area contributed by atoms with Crippen molar-refractivity contribution in [2.75, 3.05) is 5.32 Å². The Morgan fingerprint density at radius 2 is 2.36 bits per heavy atom. The lowest BCUT2D eigenvalue weighted by Crippen LogP contribution is -2.22. The third kappa shape index (κ3) is 2.83. The van der Waals surface area contributed by atoms with Gasteiger partial charge < -0.3 is 11.1 Å². The predicted octanol–water partition coefficient (Wildman–Crippen LogP) is 3.49. The summed E-state index contributed by atoms with van der Waals surface area (Å²) in [5.41, 5.74) is 8.85. The fourth-order valence-electron chi connectivity index (χ4n) is 3.09. The molecule has 0 bridgehead atoms. The second-order valence-electron chi connectivity index (χ2n) is 5.84. The van der Waals surface area contributed by atoms with Crippen molar-refractivity contribution >= 4 is 28.6 Å². The molecule has 2 unspecified atom stereocenters. The number of anilines is 1. The number of fused-ring (bicyclic) bond motifs is 1. The molecule has 0 aromatic carbocycles. The van der Waals surface area contributed by atoms with Gasteiger partial charge in [0, 0.05) is 18.2 Å². The van der Waals surface area contributed by atoms with E-state index in [2.05, 4.69) is 34.5 Å². The van der Waals surface area contributed by atoms with Gasteiger partial charge in [-0.05, 0) is 38.2 Å². The fraction of sp³-hybridized carbons (Fsp3) is 0.500. The van der Waals surface area contributed by atoms with E-state index in [1.807, 2.05) is 6.92 Å². The number of allylic oxidation sites excluding steroid dienone is 2. The summed E-state index contributed by atoms with van der Waals surface area (Å²) in [4.78, 5) is 4.66. The number of hydrogen-bond donors (Lipinski definition) is 2. The van der Waals surface area contributed by atoms with Gasteiger partial charge in [-0.3, -0.25) is 0 Å². The van der Waals surface area contributed by atoms with E-state index in [1.165, 1.54) is 5.57 Å². The zero-order valence-corrected chi connectivity index (χ0v) is 13.8. The van der Waals surface area contributed by atoms with Crippen LogP contribution in [0.4, 0.5) is 5.82 Å². The summed E-state index contributed by atoms with van der Waals surface area (Å²) in [5, 5.41) is 8.48. The van der Waals surface area contributed by atoms with Crippen LogP contribution in [-0.4, -0.2) is 26.7 Å². The van der Waals surface area contributed by atoms with Gasteiger partial charge in [-0.15, -0.1) is 0 Å². The third-order valence-corrected chi connectivity index (χ3v) is 4.58. The molecule has 0 aliphatic heterocycles. The maximum absolute atomic E-state index is 6.23. The van der Waals surface area contributed by atoms with Crippen molar-refractivity contribution in [1.82, 2.24) is 14.6 Å². The van der Waals surface area contributed by atoms with Crippen molar-refractivity contribution in [3.63, 3.8) is 0 Å². The van der Waals surface area contributed by atoms with Crippen molar-refractivity contribution in [2.45, 2.75) is 51.6 Å². The van der Waals surface area contributed by atoms with Gasteiger partial charge in [-0.25, -0.2) is 4.98 Å². The van der Waals surface area contributed by atoms with Crippen molar-refractivity contribution < 1.29 is 0 Å². The standard InChI is InChI=1S/C16H22ClN5/c1-3-10(4-2)14-8-15(20-12-6-5-11(18)7-12)22-16(21-14)13(17)9-19-22/h3,8-9,11-12,20H,4-7,18H2,1-2H3/b10-3+. The molecule has 1 saturated carbocycles. The molecule has 118 valence electrons. The van der Waals surface area contributed by atoms with Gasteiger partial charge in [0.25, 0.3) is 0 Å². The largest absolute Gasteiger partial charge is 0.367 e. The lowest BCUT2D eigenvalue weighted by Gasteiger charge is -2.16. The summed E-state index contributed by atoms with van der Waals surface area (Å²) >= 11 is 6.23.